The Morgan fingerprint density at radius 1 is 1.18 bits per heavy atom. The van der Waals surface area contributed by atoms with Gasteiger partial charge in [0.05, 0.1) is 4.92 Å². The van der Waals surface area contributed by atoms with E-state index < -0.39 is 4.92 Å². The average Bonchev–Trinajstić information content (AvgIpc) is 2.30. The van der Waals surface area contributed by atoms with E-state index in [1.807, 2.05) is 37.3 Å². The average molecular weight is 246 g/mol. The van der Waals surface area contributed by atoms with Gasteiger partial charge in [-0.2, -0.15) is 0 Å². The molecule has 5 heteroatoms. The summed E-state index contributed by atoms with van der Waals surface area (Å²) in [7, 11) is 0. The normalized spacial score (nSPS) is 10.2. The fraction of sp³-hybridized carbons (Fsp3) is 0.0833. The molecule has 0 fully saturated rings. The van der Waals surface area contributed by atoms with E-state index in [9.17, 15) is 10.1 Å². The zero-order valence-corrected chi connectivity index (χ0v) is 9.98. The molecule has 1 aromatic carbocycles. The van der Waals surface area contributed by atoms with Crippen molar-refractivity contribution in [3.63, 3.8) is 0 Å². The topological polar surface area (TPSA) is 56.0 Å². The van der Waals surface area contributed by atoms with Crippen LogP contribution in [0.25, 0.3) is 0 Å². The fourth-order valence-electron chi connectivity index (χ4n) is 1.34. The number of nitrogens with zero attached hydrogens (tertiary/aromatic N) is 2. The van der Waals surface area contributed by atoms with Crippen molar-refractivity contribution in [2.45, 2.75) is 16.8 Å². The first kappa shape index (κ1) is 11.6. The second-order valence-corrected chi connectivity index (χ2v) is 4.51. The smallest absolute Gasteiger partial charge is 0.258 e. The van der Waals surface area contributed by atoms with Crippen LogP contribution in [0.3, 0.4) is 0 Å². The number of pyridine rings is 1. The summed E-state index contributed by atoms with van der Waals surface area (Å²) in [6.07, 6.45) is 0. The zero-order valence-electron chi connectivity index (χ0n) is 9.16. The van der Waals surface area contributed by atoms with Crippen LogP contribution >= 0.6 is 11.8 Å². The lowest BCUT2D eigenvalue weighted by Crippen LogP contribution is -1.94. The minimum absolute atomic E-state index is 0.0458. The first-order valence-electron chi connectivity index (χ1n) is 5.02. The second kappa shape index (κ2) is 4.97. The maximum absolute atomic E-state index is 10.9. The molecule has 0 aliphatic rings. The Labute approximate surface area is 103 Å². The van der Waals surface area contributed by atoms with Crippen LogP contribution in [0.2, 0.25) is 0 Å². The van der Waals surface area contributed by atoms with Gasteiger partial charge in [-0.1, -0.05) is 30.0 Å². The summed E-state index contributed by atoms with van der Waals surface area (Å²) in [5, 5.41) is 11.3. The van der Waals surface area contributed by atoms with Crippen LogP contribution in [-0.2, 0) is 0 Å². The van der Waals surface area contributed by atoms with Crippen molar-refractivity contribution in [2.24, 2.45) is 0 Å². The summed E-state index contributed by atoms with van der Waals surface area (Å²) in [5.74, 6) is 0. The van der Waals surface area contributed by atoms with Crippen molar-refractivity contribution in [1.29, 1.82) is 0 Å². The highest BCUT2D eigenvalue weighted by Gasteiger charge is 2.16. The molecule has 0 spiro atoms. The largest absolute Gasteiger partial charge is 0.301 e. The molecule has 17 heavy (non-hydrogen) atoms. The van der Waals surface area contributed by atoms with Crippen LogP contribution in [0.15, 0.2) is 52.4 Å². The summed E-state index contributed by atoms with van der Waals surface area (Å²) < 4.78 is 0. The van der Waals surface area contributed by atoms with Crippen molar-refractivity contribution < 1.29 is 4.92 Å². The van der Waals surface area contributed by atoms with Gasteiger partial charge in [0.1, 0.15) is 0 Å². The van der Waals surface area contributed by atoms with Crippen molar-refractivity contribution >= 4 is 17.4 Å². The van der Waals surface area contributed by atoms with Crippen molar-refractivity contribution in [2.75, 3.05) is 0 Å². The first-order valence-corrected chi connectivity index (χ1v) is 5.83. The standard InChI is InChI=1S/C12H10N2O2S/c1-9-7-8-11(14(15)16)12(13-9)17-10-5-3-2-4-6-10/h2-8H,1H3. The van der Waals surface area contributed by atoms with Gasteiger partial charge >= 0.3 is 5.69 Å². The number of aromatic nitrogens is 1. The highest BCUT2D eigenvalue weighted by atomic mass is 32.2. The van der Waals surface area contributed by atoms with Gasteiger partial charge in [-0.3, -0.25) is 10.1 Å². The molecule has 2 aromatic rings. The van der Waals surface area contributed by atoms with Crippen LogP contribution in [0.5, 0.6) is 0 Å². The maximum atomic E-state index is 10.9. The molecule has 1 heterocycles. The molecular weight excluding hydrogens is 236 g/mol. The molecular formula is C12H10N2O2S. The molecule has 0 bridgehead atoms. The Morgan fingerprint density at radius 2 is 1.88 bits per heavy atom. The van der Waals surface area contributed by atoms with Gasteiger partial charge < -0.3 is 0 Å². The molecule has 86 valence electrons. The molecule has 0 saturated carbocycles. The Hall–Kier alpha value is -1.88. The fourth-order valence-corrected chi connectivity index (χ4v) is 2.29. The van der Waals surface area contributed by atoms with E-state index in [1.165, 1.54) is 17.8 Å². The SMILES string of the molecule is Cc1ccc([N+](=O)[O-])c(Sc2ccccc2)n1. The van der Waals surface area contributed by atoms with Gasteiger partial charge in [0, 0.05) is 16.7 Å². The molecule has 0 N–H and O–H groups in total. The van der Waals surface area contributed by atoms with Crippen LogP contribution in [0, 0.1) is 17.0 Å². The Morgan fingerprint density at radius 3 is 2.53 bits per heavy atom. The van der Waals surface area contributed by atoms with Gasteiger partial charge in [0.2, 0.25) is 0 Å². The van der Waals surface area contributed by atoms with Crippen LogP contribution < -0.4 is 0 Å². The number of rotatable bonds is 3. The third kappa shape index (κ3) is 2.82. The predicted octanol–water partition coefficient (Wildman–Crippen LogP) is 3.45. The van der Waals surface area contributed by atoms with E-state index in [0.29, 0.717) is 5.03 Å². The minimum Gasteiger partial charge on any atom is -0.258 e. The maximum Gasteiger partial charge on any atom is 0.301 e. The molecule has 2 rings (SSSR count). The molecule has 4 nitrogen and oxygen atoms in total. The van der Waals surface area contributed by atoms with Gasteiger partial charge in [-0.05, 0) is 25.1 Å². The zero-order chi connectivity index (χ0) is 12.3. The number of benzene rings is 1. The van der Waals surface area contributed by atoms with E-state index in [4.69, 9.17) is 0 Å². The van der Waals surface area contributed by atoms with Gasteiger partial charge in [0.15, 0.2) is 5.03 Å². The third-order valence-electron chi connectivity index (χ3n) is 2.13. The molecule has 0 radical (unpaired) electrons. The van der Waals surface area contributed by atoms with Crippen molar-refractivity contribution in [3.8, 4) is 0 Å². The minimum atomic E-state index is -0.405. The number of nitro groups is 1. The summed E-state index contributed by atoms with van der Waals surface area (Å²) >= 11 is 1.30. The second-order valence-electron chi connectivity index (χ2n) is 3.45. The molecule has 0 atom stereocenters. The summed E-state index contributed by atoms with van der Waals surface area (Å²) in [6.45, 7) is 1.82. The summed E-state index contributed by atoms with van der Waals surface area (Å²) in [4.78, 5) is 15.6. The lowest BCUT2D eigenvalue weighted by atomic mass is 10.3. The Balaban J connectivity index is 2.37. The van der Waals surface area contributed by atoms with Gasteiger partial charge in [-0.15, -0.1) is 0 Å². The molecule has 0 aliphatic carbocycles. The highest BCUT2D eigenvalue weighted by Crippen LogP contribution is 2.32. The van der Waals surface area contributed by atoms with Gasteiger partial charge in [-0.25, -0.2) is 4.98 Å². The lowest BCUT2D eigenvalue weighted by molar-refractivity contribution is -0.388. The van der Waals surface area contributed by atoms with Crippen molar-refractivity contribution in [3.05, 3.63) is 58.3 Å². The Kier molecular flexibility index (Phi) is 3.39. The first-order chi connectivity index (χ1) is 8.16. The number of hydrogen-bond acceptors (Lipinski definition) is 4. The third-order valence-corrected chi connectivity index (χ3v) is 3.14. The van der Waals surface area contributed by atoms with Crippen LogP contribution in [0.4, 0.5) is 5.69 Å². The molecule has 0 aliphatic heterocycles. The van der Waals surface area contributed by atoms with Crippen LogP contribution in [0.1, 0.15) is 5.69 Å². The van der Waals surface area contributed by atoms with E-state index in [2.05, 4.69) is 4.98 Å². The van der Waals surface area contributed by atoms with E-state index in [-0.39, 0.29) is 5.69 Å². The highest BCUT2D eigenvalue weighted by molar-refractivity contribution is 7.99. The van der Waals surface area contributed by atoms with Crippen molar-refractivity contribution in [1.82, 2.24) is 4.98 Å². The summed E-state index contributed by atoms with van der Waals surface area (Å²) in [5.41, 5.74) is 0.818. The monoisotopic (exact) mass is 246 g/mol. The lowest BCUT2D eigenvalue weighted by Gasteiger charge is -2.02. The molecule has 1 aromatic heterocycles. The quantitative estimate of drug-likeness (QED) is 0.614. The number of aryl methyl sites for hydroxylation is 1. The molecule has 0 saturated heterocycles. The molecule has 0 amide bonds. The van der Waals surface area contributed by atoms with Gasteiger partial charge in [0.25, 0.3) is 0 Å². The Bertz CT molecular complexity index is 543. The van der Waals surface area contributed by atoms with E-state index in [0.717, 1.165) is 10.6 Å². The summed E-state index contributed by atoms with van der Waals surface area (Å²) in [6, 6.07) is 12.6. The predicted molar refractivity (Wildman–Crippen MR) is 66.2 cm³/mol. The van der Waals surface area contributed by atoms with Crippen LogP contribution in [-0.4, -0.2) is 9.91 Å². The number of hydrogen-bond donors (Lipinski definition) is 0. The van der Waals surface area contributed by atoms with E-state index in [1.54, 1.807) is 6.07 Å². The van der Waals surface area contributed by atoms with E-state index >= 15 is 0 Å². The molecule has 0 unspecified atom stereocenters.